The van der Waals surface area contributed by atoms with Gasteiger partial charge in [0.1, 0.15) is 12.0 Å². The van der Waals surface area contributed by atoms with Crippen molar-refractivity contribution < 1.29 is 9.72 Å². The quantitative estimate of drug-likeness (QED) is 0.669. The van der Waals surface area contributed by atoms with Gasteiger partial charge in [-0.1, -0.05) is 21.5 Å². The minimum Gasteiger partial charge on any atom is -0.365 e. The predicted molar refractivity (Wildman–Crippen MR) is 77.9 cm³/mol. The van der Waals surface area contributed by atoms with Crippen LogP contribution in [0.1, 0.15) is 23.7 Å². The molecular formula is C12H13BrN4O3. The molecule has 0 aliphatic carbocycles. The summed E-state index contributed by atoms with van der Waals surface area (Å²) in [6, 6.07) is 1.17. The van der Waals surface area contributed by atoms with E-state index in [0.717, 1.165) is 17.1 Å². The SMILES string of the molecule is CC1=C(Br)CN(c2ncc([N+](=O)[O-])cc2C(N)=O)CC1. The standard InChI is InChI=1S/C12H13BrN4O3/c1-7-2-3-16(6-10(7)13)12-9(11(14)18)4-8(5-15-12)17(19)20/h4-5H,2-3,6H2,1H3,(H2,14,18). The van der Waals surface area contributed by atoms with Crippen molar-refractivity contribution in [2.75, 3.05) is 18.0 Å². The maximum Gasteiger partial charge on any atom is 0.288 e. The lowest BCUT2D eigenvalue weighted by molar-refractivity contribution is -0.385. The van der Waals surface area contributed by atoms with Crippen molar-refractivity contribution in [1.82, 2.24) is 4.98 Å². The molecule has 0 aromatic carbocycles. The van der Waals surface area contributed by atoms with Crippen molar-refractivity contribution in [3.8, 4) is 0 Å². The van der Waals surface area contributed by atoms with Gasteiger partial charge in [0.25, 0.3) is 11.6 Å². The highest BCUT2D eigenvalue weighted by Gasteiger charge is 2.23. The normalized spacial score (nSPS) is 15.4. The van der Waals surface area contributed by atoms with Gasteiger partial charge in [0.15, 0.2) is 0 Å². The first-order chi connectivity index (χ1) is 9.40. The van der Waals surface area contributed by atoms with E-state index < -0.39 is 10.8 Å². The lowest BCUT2D eigenvalue weighted by atomic mass is 10.1. The van der Waals surface area contributed by atoms with Gasteiger partial charge in [-0.15, -0.1) is 0 Å². The molecule has 8 heteroatoms. The molecule has 7 nitrogen and oxygen atoms in total. The topological polar surface area (TPSA) is 102 Å². The first-order valence-corrected chi connectivity index (χ1v) is 6.72. The van der Waals surface area contributed by atoms with Crippen molar-refractivity contribution in [1.29, 1.82) is 0 Å². The summed E-state index contributed by atoms with van der Waals surface area (Å²) >= 11 is 3.48. The zero-order valence-corrected chi connectivity index (χ0v) is 12.4. The Hall–Kier alpha value is -1.96. The van der Waals surface area contributed by atoms with Gasteiger partial charge in [-0.3, -0.25) is 14.9 Å². The summed E-state index contributed by atoms with van der Waals surface area (Å²) in [6.07, 6.45) is 1.97. The number of hydrogen-bond acceptors (Lipinski definition) is 5. The van der Waals surface area contributed by atoms with Crippen LogP contribution in [0.4, 0.5) is 11.5 Å². The maximum atomic E-state index is 11.5. The van der Waals surface area contributed by atoms with Crippen LogP contribution in [0.5, 0.6) is 0 Å². The fraction of sp³-hybridized carbons (Fsp3) is 0.333. The number of amides is 1. The summed E-state index contributed by atoms with van der Waals surface area (Å²) in [5, 5.41) is 10.7. The molecule has 0 spiro atoms. The Morgan fingerprint density at radius 2 is 2.30 bits per heavy atom. The Balaban J connectivity index is 2.42. The number of nitrogens with two attached hydrogens (primary N) is 1. The molecule has 0 bridgehead atoms. The minimum atomic E-state index is -0.724. The first-order valence-electron chi connectivity index (χ1n) is 5.93. The van der Waals surface area contributed by atoms with Crippen LogP contribution in [-0.4, -0.2) is 28.9 Å². The molecule has 2 N–H and O–H groups in total. The fourth-order valence-corrected chi connectivity index (χ4v) is 2.48. The highest BCUT2D eigenvalue weighted by molar-refractivity contribution is 9.11. The molecule has 1 aliphatic heterocycles. The minimum absolute atomic E-state index is 0.0686. The van der Waals surface area contributed by atoms with E-state index in [2.05, 4.69) is 20.9 Å². The number of rotatable bonds is 3. The molecule has 1 aromatic rings. The number of pyridine rings is 1. The number of nitrogens with zero attached hydrogens (tertiary/aromatic N) is 3. The third-order valence-electron chi connectivity index (χ3n) is 3.18. The van der Waals surface area contributed by atoms with Crippen LogP contribution in [0.15, 0.2) is 22.3 Å². The van der Waals surface area contributed by atoms with Crippen molar-refractivity contribution in [3.63, 3.8) is 0 Å². The molecule has 0 radical (unpaired) electrons. The number of halogens is 1. The molecule has 0 atom stereocenters. The van der Waals surface area contributed by atoms with Crippen molar-refractivity contribution in [3.05, 3.63) is 38.0 Å². The maximum absolute atomic E-state index is 11.5. The summed E-state index contributed by atoms with van der Waals surface area (Å²) in [5.41, 5.74) is 6.36. The van der Waals surface area contributed by atoms with Gasteiger partial charge in [-0.2, -0.15) is 0 Å². The second-order valence-corrected chi connectivity index (χ2v) is 5.50. The second-order valence-electron chi connectivity index (χ2n) is 4.54. The molecule has 1 amide bonds. The van der Waals surface area contributed by atoms with Crippen LogP contribution in [0, 0.1) is 10.1 Å². The van der Waals surface area contributed by atoms with Crippen molar-refractivity contribution in [2.24, 2.45) is 5.73 Å². The number of anilines is 1. The Morgan fingerprint density at radius 1 is 1.60 bits per heavy atom. The number of primary amides is 1. The van der Waals surface area contributed by atoms with Gasteiger partial charge in [0, 0.05) is 17.1 Å². The van der Waals surface area contributed by atoms with E-state index in [4.69, 9.17) is 5.73 Å². The lowest BCUT2D eigenvalue weighted by Crippen LogP contribution is -2.33. The third kappa shape index (κ3) is 2.79. The Kier molecular flexibility index (Phi) is 4.03. The number of carbonyl (C=O) groups is 1. The van der Waals surface area contributed by atoms with E-state index in [0.29, 0.717) is 18.9 Å². The fourth-order valence-electron chi connectivity index (χ4n) is 1.98. The van der Waals surface area contributed by atoms with Crippen LogP contribution in [0.25, 0.3) is 0 Å². The molecule has 2 heterocycles. The summed E-state index contributed by atoms with van der Waals surface area (Å²) in [4.78, 5) is 27.6. The van der Waals surface area contributed by atoms with Gasteiger partial charge in [-0.25, -0.2) is 4.98 Å². The molecule has 1 aliphatic rings. The van der Waals surface area contributed by atoms with E-state index >= 15 is 0 Å². The molecule has 0 unspecified atom stereocenters. The summed E-state index contributed by atoms with van der Waals surface area (Å²) in [6.45, 7) is 3.28. The number of carbonyl (C=O) groups excluding carboxylic acids is 1. The average Bonchev–Trinajstić information content (AvgIpc) is 2.41. The van der Waals surface area contributed by atoms with Gasteiger partial charge < -0.3 is 10.6 Å². The molecular weight excluding hydrogens is 328 g/mol. The molecule has 0 fully saturated rings. The van der Waals surface area contributed by atoms with Crippen molar-refractivity contribution in [2.45, 2.75) is 13.3 Å². The van der Waals surface area contributed by atoms with Crippen molar-refractivity contribution >= 4 is 33.3 Å². The highest BCUT2D eigenvalue weighted by atomic mass is 79.9. The number of nitro groups is 1. The second kappa shape index (κ2) is 5.58. The Bertz CT molecular complexity index is 615. The van der Waals surface area contributed by atoms with Gasteiger partial charge in [0.05, 0.1) is 17.0 Å². The summed E-state index contributed by atoms with van der Waals surface area (Å²) < 4.78 is 1.03. The van der Waals surface area contributed by atoms with E-state index in [-0.39, 0.29) is 11.3 Å². The van der Waals surface area contributed by atoms with Gasteiger partial charge in [0.2, 0.25) is 0 Å². The average molecular weight is 341 g/mol. The van der Waals surface area contributed by atoms with E-state index in [1.165, 1.54) is 11.6 Å². The monoisotopic (exact) mass is 340 g/mol. The van der Waals surface area contributed by atoms with Crippen LogP contribution in [0.2, 0.25) is 0 Å². The Morgan fingerprint density at radius 3 is 2.85 bits per heavy atom. The summed E-state index contributed by atoms with van der Waals surface area (Å²) in [5.74, 6) is -0.342. The summed E-state index contributed by atoms with van der Waals surface area (Å²) in [7, 11) is 0. The van der Waals surface area contributed by atoms with Crippen LogP contribution < -0.4 is 10.6 Å². The van der Waals surface area contributed by atoms with Crippen LogP contribution in [-0.2, 0) is 0 Å². The number of hydrogen-bond donors (Lipinski definition) is 1. The zero-order chi connectivity index (χ0) is 14.9. The zero-order valence-electron chi connectivity index (χ0n) is 10.8. The molecule has 106 valence electrons. The smallest absolute Gasteiger partial charge is 0.288 e. The molecule has 2 rings (SSSR count). The van der Waals surface area contributed by atoms with E-state index in [1.54, 1.807) is 0 Å². The van der Waals surface area contributed by atoms with E-state index in [1.807, 2.05) is 11.8 Å². The highest BCUT2D eigenvalue weighted by Crippen LogP contribution is 2.28. The molecule has 20 heavy (non-hydrogen) atoms. The Labute approximate surface area is 123 Å². The molecule has 0 saturated heterocycles. The largest absolute Gasteiger partial charge is 0.365 e. The predicted octanol–water partition coefficient (Wildman–Crippen LogP) is 1.97. The van der Waals surface area contributed by atoms with Gasteiger partial charge in [-0.05, 0) is 13.3 Å². The lowest BCUT2D eigenvalue weighted by Gasteiger charge is -2.29. The third-order valence-corrected chi connectivity index (χ3v) is 4.11. The first kappa shape index (κ1) is 14.4. The van der Waals surface area contributed by atoms with Gasteiger partial charge >= 0.3 is 0 Å². The van der Waals surface area contributed by atoms with E-state index in [9.17, 15) is 14.9 Å². The molecule has 0 saturated carbocycles. The number of aromatic nitrogens is 1. The van der Waals surface area contributed by atoms with Crippen LogP contribution >= 0.6 is 15.9 Å². The molecule has 1 aromatic heterocycles. The van der Waals surface area contributed by atoms with Crippen LogP contribution in [0.3, 0.4) is 0 Å².